The van der Waals surface area contributed by atoms with E-state index in [1.165, 1.54) is 13.0 Å². The molecule has 3 aliphatic rings. The molecule has 0 bridgehead atoms. The number of rotatable bonds is 1. The Labute approximate surface area is 158 Å². The summed E-state index contributed by atoms with van der Waals surface area (Å²) in [5.41, 5.74) is -2.67. The second-order valence-electron chi connectivity index (χ2n) is 8.18. The Hall–Kier alpha value is -1.74. The van der Waals surface area contributed by atoms with Crippen LogP contribution >= 0.6 is 0 Å². The number of aliphatic hydroxyl groups is 3. The molecule has 0 amide bonds. The van der Waals surface area contributed by atoms with E-state index in [1.807, 2.05) is 13.1 Å². The summed E-state index contributed by atoms with van der Waals surface area (Å²) in [5, 5.41) is 31.4. The van der Waals surface area contributed by atoms with Crippen LogP contribution in [0, 0.1) is 5.92 Å². The molecule has 3 aliphatic heterocycles. The normalized spacial score (nSPS) is 44.1. The number of hydrogen-bond acceptors (Lipinski definition) is 7. The molecule has 2 saturated heterocycles. The maximum absolute atomic E-state index is 12.7. The van der Waals surface area contributed by atoms with Gasteiger partial charge in [0.25, 0.3) is 5.72 Å². The fourth-order valence-corrected chi connectivity index (χ4v) is 4.26. The molecule has 8 heteroatoms. The summed E-state index contributed by atoms with van der Waals surface area (Å²) < 4.78 is 11.2. The SMILES string of the molecule is C[C@@H]1C/C(=C/CO)C(=O)O[C@@H]2CC[N+]3(C)CC=C(COC(=O)[C@]1(C)O)[C@]23O. The zero-order valence-corrected chi connectivity index (χ0v) is 16.0. The third-order valence-electron chi connectivity index (χ3n) is 6.48. The predicted molar refractivity (Wildman–Crippen MR) is 94.0 cm³/mol. The van der Waals surface area contributed by atoms with E-state index in [0.29, 0.717) is 25.1 Å². The largest absolute Gasteiger partial charge is 0.459 e. The molecule has 2 fully saturated rings. The number of ether oxygens (including phenoxy) is 2. The van der Waals surface area contributed by atoms with Gasteiger partial charge in [0.2, 0.25) is 0 Å². The maximum atomic E-state index is 12.7. The van der Waals surface area contributed by atoms with Gasteiger partial charge in [0.15, 0.2) is 11.7 Å². The first-order chi connectivity index (χ1) is 12.6. The molecule has 3 N–H and O–H groups in total. The molecule has 0 spiro atoms. The Morgan fingerprint density at radius 2 is 2.07 bits per heavy atom. The molecule has 3 heterocycles. The Balaban J connectivity index is 2.01. The van der Waals surface area contributed by atoms with E-state index >= 15 is 0 Å². The second kappa shape index (κ2) is 6.70. The van der Waals surface area contributed by atoms with Crippen molar-refractivity contribution in [1.82, 2.24) is 0 Å². The van der Waals surface area contributed by atoms with Crippen LogP contribution in [-0.4, -0.2) is 82.5 Å². The third kappa shape index (κ3) is 3.00. The molecular weight excluding hydrogens is 354 g/mol. The van der Waals surface area contributed by atoms with Crippen LogP contribution in [0.15, 0.2) is 23.3 Å². The van der Waals surface area contributed by atoms with Crippen molar-refractivity contribution in [3.63, 3.8) is 0 Å². The lowest BCUT2D eigenvalue weighted by Gasteiger charge is -2.40. The summed E-state index contributed by atoms with van der Waals surface area (Å²) in [6.07, 6.45) is 2.84. The highest BCUT2D eigenvalue weighted by molar-refractivity contribution is 5.89. The van der Waals surface area contributed by atoms with E-state index in [1.54, 1.807) is 6.92 Å². The van der Waals surface area contributed by atoms with Gasteiger partial charge in [-0.1, -0.05) is 6.92 Å². The monoisotopic (exact) mass is 382 g/mol. The summed E-state index contributed by atoms with van der Waals surface area (Å²) >= 11 is 0. The average Bonchev–Trinajstić information content (AvgIpc) is 3.00. The lowest BCUT2D eigenvalue weighted by atomic mass is 9.85. The van der Waals surface area contributed by atoms with Gasteiger partial charge in [0.1, 0.15) is 13.2 Å². The molecule has 0 aromatic heterocycles. The fourth-order valence-electron chi connectivity index (χ4n) is 4.26. The van der Waals surface area contributed by atoms with Crippen LogP contribution < -0.4 is 0 Å². The quantitative estimate of drug-likeness (QED) is 0.245. The van der Waals surface area contributed by atoms with Gasteiger partial charge in [-0.3, -0.25) is 4.48 Å². The molecular formula is C19H28NO7+. The maximum Gasteiger partial charge on any atom is 0.338 e. The Bertz CT molecular complexity index is 713. The minimum absolute atomic E-state index is 0.0292. The first kappa shape index (κ1) is 20.0. The summed E-state index contributed by atoms with van der Waals surface area (Å²) in [6.45, 7) is 3.56. The second-order valence-corrected chi connectivity index (χ2v) is 8.18. The third-order valence-corrected chi connectivity index (χ3v) is 6.48. The zero-order chi connectivity index (χ0) is 20.0. The predicted octanol–water partition coefficient (Wildman–Crippen LogP) is -0.370. The number of cyclic esters (lactones) is 1. The van der Waals surface area contributed by atoms with Crippen molar-refractivity contribution in [1.29, 1.82) is 0 Å². The molecule has 0 aromatic carbocycles. The number of quaternary nitrogens is 1. The molecule has 27 heavy (non-hydrogen) atoms. The minimum atomic E-state index is -1.83. The van der Waals surface area contributed by atoms with Gasteiger partial charge in [-0.05, 0) is 31.4 Å². The topological polar surface area (TPSA) is 113 Å². The Morgan fingerprint density at radius 3 is 2.74 bits per heavy atom. The summed E-state index contributed by atoms with van der Waals surface area (Å²) in [6, 6.07) is 0. The van der Waals surface area contributed by atoms with Crippen LogP contribution in [0.5, 0.6) is 0 Å². The smallest absolute Gasteiger partial charge is 0.338 e. The van der Waals surface area contributed by atoms with Crippen LogP contribution in [0.4, 0.5) is 0 Å². The molecule has 3 rings (SSSR count). The first-order valence-corrected chi connectivity index (χ1v) is 9.23. The van der Waals surface area contributed by atoms with E-state index in [-0.39, 0.29) is 29.7 Å². The minimum Gasteiger partial charge on any atom is -0.459 e. The number of carbonyl (C=O) groups is 2. The van der Waals surface area contributed by atoms with Crippen molar-refractivity contribution in [2.75, 3.05) is 33.4 Å². The van der Waals surface area contributed by atoms with Crippen molar-refractivity contribution in [3.05, 3.63) is 23.3 Å². The average molecular weight is 382 g/mol. The molecule has 150 valence electrons. The fraction of sp³-hybridized carbons (Fsp3) is 0.684. The number of carbonyl (C=O) groups excluding carboxylic acids is 2. The van der Waals surface area contributed by atoms with Crippen molar-refractivity contribution >= 4 is 11.9 Å². The van der Waals surface area contributed by atoms with Crippen LogP contribution in [-0.2, 0) is 19.1 Å². The van der Waals surface area contributed by atoms with Crippen LogP contribution in [0.1, 0.15) is 26.7 Å². The van der Waals surface area contributed by atoms with Gasteiger partial charge in [-0.25, -0.2) is 9.59 Å². The standard InChI is InChI=1S/C19H28NO7/c1-12-10-13(6-9-21)16(22)27-15-5-8-20(3)7-4-14(19(15,20)25)11-26-17(23)18(12,2)24/h4,6,12,15,21,24-25H,5,7-11H2,1-3H3/q+1/b13-6-/t12-,15-,18-,19+,20?/m1/s1. The summed E-state index contributed by atoms with van der Waals surface area (Å²) in [4.78, 5) is 25.2. The highest BCUT2D eigenvalue weighted by Crippen LogP contribution is 2.45. The Kier molecular flexibility index (Phi) is 4.96. The lowest BCUT2D eigenvalue weighted by Crippen LogP contribution is -2.61. The van der Waals surface area contributed by atoms with E-state index in [9.17, 15) is 24.9 Å². The Morgan fingerprint density at radius 1 is 1.37 bits per heavy atom. The number of hydrogen-bond donors (Lipinski definition) is 3. The molecule has 8 nitrogen and oxygen atoms in total. The lowest BCUT2D eigenvalue weighted by molar-refractivity contribution is -0.955. The van der Waals surface area contributed by atoms with Crippen molar-refractivity contribution < 1.29 is 38.9 Å². The van der Waals surface area contributed by atoms with Gasteiger partial charge >= 0.3 is 11.9 Å². The van der Waals surface area contributed by atoms with E-state index < -0.39 is 35.3 Å². The molecule has 0 aliphatic carbocycles. The van der Waals surface area contributed by atoms with Crippen molar-refractivity contribution in [2.45, 2.75) is 44.1 Å². The molecule has 0 saturated carbocycles. The van der Waals surface area contributed by atoms with Crippen LogP contribution in [0.25, 0.3) is 0 Å². The number of aliphatic hydroxyl groups excluding tert-OH is 1. The van der Waals surface area contributed by atoms with Crippen LogP contribution in [0.3, 0.4) is 0 Å². The highest BCUT2D eigenvalue weighted by atomic mass is 16.6. The number of esters is 2. The van der Waals surface area contributed by atoms with Gasteiger partial charge in [0.05, 0.1) is 25.8 Å². The van der Waals surface area contributed by atoms with E-state index in [2.05, 4.69) is 0 Å². The molecule has 0 aromatic rings. The van der Waals surface area contributed by atoms with E-state index in [4.69, 9.17) is 9.47 Å². The first-order valence-electron chi connectivity index (χ1n) is 9.23. The molecule has 0 radical (unpaired) electrons. The molecule has 1 unspecified atom stereocenters. The van der Waals surface area contributed by atoms with Crippen LogP contribution in [0.2, 0.25) is 0 Å². The highest BCUT2D eigenvalue weighted by Gasteiger charge is 2.65. The zero-order valence-electron chi connectivity index (χ0n) is 16.0. The van der Waals surface area contributed by atoms with Gasteiger partial charge < -0.3 is 24.8 Å². The van der Waals surface area contributed by atoms with E-state index in [0.717, 1.165) is 0 Å². The van der Waals surface area contributed by atoms with Gasteiger partial charge in [-0.2, -0.15) is 0 Å². The number of nitrogens with zero attached hydrogens (tertiary/aromatic N) is 1. The summed E-state index contributed by atoms with van der Waals surface area (Å²) in [5.74, 6) is -2.11. The van der Waals surface area contributed by atoms with Crippen molar-refractivity contribution in [2.24, 2.45) is 5.92 Å². The van der Waals surface area contributed by atoms with Gasteiger partial charge in [-0.15, -0.1) is 0 Å². The van der Waals surface area contributed by atoms with Gasteiger partial charge in [0, 0.05) is 12.0 Å². The molecule has 5 atom stereocenters. The number of likely N-dealkylation sites (N-methyl/N-ethyl adjacent to an activating group) is 1. The van der Waals surface area contributed by atoms with Crippen molar-refractivity contribution in [3.8, 4) is 0 Å². The summed E-state index contributed by atoms with van der Waals surface area (Å²) in [7, 11) is 1.87.